The molecule has 1 atom stereocenters. The normalized spacial score (nSPS) is 16.4. The van der Waals surface area contributed by atoms with Gasteiger partial charge in [0, 0.05) is 38.8 Å². The van der Waals surface area contributed by atoms with Gasteiger partial charge >= 0.3 is 0 Å². The molecule has 2 N–H and O–H groups in total. The number of nitrogens with zero attached hydrogens (tertiary/aromatic N) is 1. The predicted octanol–water partition coefficient (Wildman–Crippen LogP) is 2.41. The van der Waals surface area contributed by atoms with Crippen molar-refractivity contribution in [2.45, 2.75) is 31.8 Å². The second kappa shape index (κ2) is 13.4. The maximum atomic E-state index is 11.9. The van der Waals surface area contributed by atoms with Gasteiger partial charge in [0.25, 0.3) is 0 Å². The van der Waals surface area contributed by atoms with Crippen LogP contribution in [0.1, 0.15) is 31.4 Å². The van der Waals surface area contributed by atoms with Crippen LogP contribution in [0.2, 0.25) is 0 Å². The zero-order valence-electron chi connectivity index (χ0n) is 15.1. The average molecular weight is 392 g/mol. The number of ether oxygens (including phenoxy) is 1. The van der Waals surface area contributed by atoms with E-state index < -0.39 is 0 Å². The lowest BCUT2D eigenvalue weighted by Crippen LogP contribution is -2.47. The summed E-state index contributed by atoms with van der Waals surface area (Å²) in [4.78, 5) is 14.4. The van der Waals surface area contributed by atoms with Crippen LogP contribution >= 0.6 is 24.8 Å². The van der Waals surface area contributed by atoms with Gasteiger partial charge in [-0.15, -0.1) is 24.8 Å². The van der Waals surface area contributed by atoms with Gasteiger partial charge in [0.05, 0.1) is 13.2 Å². The first-order valence-corrected chi connectivity index (χ1v) is 8.48. The van der Waals surface area contributed by atoms with Crippen molar-refractivity contribution >= 4 is 30.7 Å². The van der Waals surface area contributed by atoms with Crippen molar-refractivity contribution < 1.29 is 9.53 Å². The number of rotatable bonds is 8. The summed E-state index contributed by atoms with van der Waals surface area (Å²) in [7, 11) is 1.66. The minimum absolute atomic E-state index is 0. The molecule has 0 aromatic heterocycles. The van der Waals surface area contributed by atoms with Gasteiger partial charge in [-0.3, -0.25) is 9.69 Å². The van der Waals surface area contributed by atoms with E-state index in [1.165, 1.54) is 5.56 Å². The second-order valence-electron chi connectivity index (χ2n) is 6.13. The molecule has 1 aromatic rings. The van der Waals surface area contributed by atoms with E-state index in [0.29, 0.717) is 31.8 Å². The summed E-state index contributed by atoms with van der Waals surface area (Å²) in [6.07, 6.45) is 2.03. The predicted molar refractivity (Wildman–Crippen MR) is 107 cm³/mol. The highest BCUT2D eigenvalue weighted by Crippen LogP contribution is 2.23. The number of amides is 1. The largest absolute Gasteiger partial charge is 0.383 e. The summed E-state index contributed by atoms with van der Waals surface area (Å²) < 4.78 is 4.94. The van der Waals surface area contributed by atoms with E-state index in [1.807, 2.05) is 0 Å². The molecule has 0 radical (unpaired) electrons. The maximum absolute atomic E-state index is 11.9. The van der Waals surface area contributed by atoms with Gasteiger partial charge in [-0.05, 0) is 25.3 Å². The third kappa shape index (κ3) is 8.38. The Labute approximate surface area is 163 Å². The number of benzene rings is 1. The summed E-state index contributed by atoms with van der Waals surface area (Å²) in [5.41, 5.74) is 1.36. The molecule has 7 heteroatoms. The standard InChI is InChI=1S/C18H29N3O2.2ClH/c1-15(16-6-4-3-5-7-16)21-11-8-17(9-12-21)20-18(22)14-19-10-13-23-2;;/h3-7,15,17,19H,8-14H2,1-2H3,(H,20,22);2*1H. The van der Waals surface area contributed by atoms with Gasteiger partial charge < -0.3 is 15.4 Å². The number of hydrogen-bond acceptors (Lipinski definition) is 4. The van der Waals surface area contributed by atoms with E-state index in [2.05, 4.69) is 52.8 Å². The third-order valence-electron chi connectivity index (χ3n) is 4.49. The zero-order chi connectivity index (χ0) is 16.5. The molecule has 1 aliphatic rings. The number of hydrogen-bond donors (Lipinski definition) is 2. The average Bonchev–Trinajstić information content (AvgIpc) is 2.59. The molecule has 0 saturated carbocycles. The number of nitrogens with one attached hydrogen (secondary N) is 2. The Balaban J connectivity index is 0.00000288. The molecule has 1 amide bonds. The summed E-state index contributed by atoms with van der Waals surface area (Å²) in [6, 6.07) is 11.3. The van der Waals surface area contributed by atoms with E-state index in [4.69, 9.17) is 4.74 Å². The monoisotopic (exact) mass is 391 g/mol. The van der Waals surface area contributed by atoms with Crippen LogP contribution in [0.5, 0.6) is 0 Å². The highest BCUT2D eigenvalue weighted by molar-refractivity contribution is 5.85. The van der Waals surface area contributed by atoms with E-state index >= 15 is 0 Å². The van der Waals surface area contributed by atoms with Gasteiger partial charge in [-0.2, -0.15) is 0 Å². The molecule has 0 spiro atoms. The molecule has 1 unspecified atom stereocenters. The molecular formula is C18H31Cl2N3O2. The number of carbonyl (C=O) groups excluding carboxylic acids is 1. The first-order chi connectivity index (χ1) is 11.2. The van der Waals surface area contributed by atoms with Crippen LogP contribution in [-0.4, -0.2) is 56.7 Å². The van der Waals surface area contributed by atoms with Crippen LogP contribution < -0.4 is 10.6 Å². The molecule has 1 aliphatic heterocycles. The second-order valence-corrected chi connectivity index (χ2v) is 6.13. The van der Waals surface area contributed by atoms with Crippen molar-refractivity contribution in [1.29, 1.82) is 0 Å². The number of halogens is 2. The van der Waals surface area contributed by atoms with Crippen molar-refractivity contribution in [1.82, 2.24) is 15.5 Å². The smallest absolute Gasteiger partial charge is 0.234 e. The SMILES string of the molecule is COCCNCC(=O)NC1CCN(C(C)c2ccccc2)CC1.Cl.Cl. The van der Waals surface area contributed by atoms with E-state index in [1.54, 1.807) is 7.11 Å². The molecule has 2 rings (SSSR count). The lowest BCUT2D eigenvalue weighted by Gasteiger charge is -2.36. The molecule has 1 fully saturated rings. The number of piperidine rings is 1. The van der Waals surface area contributed by atoms with E-state index in [9.17, 15) is 4.79 Å². The Morgan fingerprint density at radius 2 is 1.88 bits per heavy atom. The highest BCUT2D eigenvalue weighted by atomic mass is 35.5. The Morgan fingerprint density at radius 1 is 1.24 bits per heavy atom. The van der Waals surface area contributed by atoms with Gasteiger partial charge in [0.1, 0.15) is 0 Å². The van der Waals surface area contributed by atoms with Crippen molar-refractivity contribution in [3.05, 3.63) is 35.9 Å². The van der Waals surface area contributed by atoms with E-state index in [0.717, 1.165) is 25.9 Å². The van der Waals surface area contributed by atoms with Crippen LogP contribution in [0.3, 0.4) is 0 Å². The third-order valence-corrected chi connectivity index (χ3v) is 4.49. The molecule has 1 aromatic carbocycles. The van der Waals surface area contributed by atoms with Gasteiger partial charge in [-0.1, -0.05) is 30.3 Å². The first-order valence-electron chi connectivity index (χ1n) is 8.48. The van der Waals surface area contributed by atoms with Crippen LogP contribution in [0, 0.1) is 0 Å². The Hall–Kier alpha value is -0.850. The van der Waals surface area contributed by atoms with Gasteiger partial charge in [-0.25, -0.2) is 0 Å². The molecule has 1 heterocycles. The topological polar surface area (TPSA) is 53.6 Å². The lowest BCUT2D eigenvalue weighted by molar-refractivity contribution is -0.121. The maximum Gasteiger partial charge on any atom is 0.234 e. The Morgan fingerprint density at radius 3 is 2.48 bits per heavy atom. The fraction of sp³-hybridized carbons (Fsp3) is 0.611. The Bertz CT molecular complexity index is 469. The molecule has 144 valence electrons. The summed E-state index contributed by atoms with van der Waals surface area (Å²) >= 11 is 0. The van der Waals surface area contributed by atoms with Gasteiger partial charge in [0.15, 0.2) is 0 Å². The zero-order valence-corrected chi connectivity index (χ0v) is 16.7. The fourth-order valence-electron chi connectivity index (χ4n) is 3.03. The molecule has 25 heavy (non-hydrogen) atoms. The highest BCUT2D eigenvalue weighted by Gasteiger charge is 2.24. The first kappa shape index (κ1) is 24.1. The van der Waals surface area contributed by atoms with Crippen LogP contribution in [0.4, 0.5) is 0 Å². The minimum Gasteiger partial charge on any atom is -0.383 e. The quantitative estimate of drug-likeness (QED) is 0.668. The molecular weight excluding hydrogens is 361 g/mol. The van der Waals surface area contributed by atoms with Crippen molar-refractivity contribution in [3.8, 4) is 0 Å². The van der Waals surface area contributed by atoms with E-state index in [-0.39, 0.29) is 30.7 Å². The molecule has 0 aliphatic carbocycles. The minimum atomic E-state index is 0. The number of carbonyl (C=O) groups is 1. The summed E-state index contributed by atoms with van der Waals surface area (Å²) in [5, 5.41) is 6.20. The van der Waals surface area contributed by atoms with Crippen molar-refractivity contribution in [2.75, 3.05) is 39.9 Å². The van der Waals surface area contributed by atoms with Crippen LogP contribution in [-0.2, 0) is 9.53 Å². The summed E-state index contributed by atoms with van der Waals surface area (Å²) in [6.45, 7) is 6.01. The Kier molecular flexibility index (Phi) is 12.9. The lowest BCUT2D eigenvalue weighted by atomic mass is 10.00. The number of methoxy groups -OCH3 is 1. The summed E-state index contributed by atoms with van der Waals surface area (Å²) in [5.74, 6) is 0.0793. The molecule has 5 nitrogen and oxygen atoms in total. The van der Waals surface area contributed by atoms with Crippen molar-refractivity contribution in [2.24, 2.45) is 0 Å². The molecule has 1 saturated heterocycles. The molecule has 0 bridgehead atoms. The van der Waals surface area contributed by atoms with Crippen LogP contribution in [0.25, 0.3) is 0 Å². The van der Waals surface area contributed by atoms with Gasteiger partial charge in [0.2, 0.25) is 5.91 Å². The van der Waals surface area contributed by atoms with Crippen molar-refractivity contribution in [3.63, 3.8) is 0 Å². The fourth-order valence-corrected chi connectivity index (χ4v) is 3.03. The number of likely N-dealkylation sites (tertiary alicyclic amines) is 1. The van der Waals surface area contributed by atoms with Crippen LogP contribution in [0.15, 0.2) is 30.3 Å².